The quantitative estimate of drug-likeness (QED) is 0.174. The van der Waals surface area contributed by atoms with Crippen LogP contribution in [0.3, 0.4) is 0 Å². The van der Waals surface area contributed by atoms with E-state index in [0.29, 0.717) is 10.9 Å². The number of carboxylic acid groups (broad SMARTS) is 2. The zero-order chi connectivity index (χ0) is 25.2. The molecule has 0 fully saturated rings. The van der Waals surface area contributed by atoms with E-state index in [4.69, 9.17) is 10.2 Å². The second-order valence-electron chi connectivity index (χ2n) is 10.2. The average molecular weight is 462 g/mol. The summed E-state index contributed by atoms with van der Waals surface area (Å²) in [5.41, 5.74) is 0. The van der Waals surface area contributed by atoms with Gasteiger partial charge < -0.3 is 20.0 Å². The van der Waals surface area contributed by atoms with Crippen molar-refractivity contribution in [3.05, 3.63) is 0 Å². The lowest BCUT2D eigenvalue weighted by Crippen LogP contribution is -2.59. The Morgan fingerprint density at radius 3 is 1.50 bits per heavy atom. The smallest absolute Gasteiger partial charge is 0.359 e. The van der Waals surface area contributed by atoms with Crippen molar-refractivity contribution < 1.29 is 33.6 Å². The minimum absolute atomic E-state index is 0.0107. The van der Waals surface area contributed by atoms with Crippen LogP contribution in [0.4, 0.5) is 0 Å². The zero-order valence-electron chi connectivity index (χ0n) is 21.8. The number of amides is 1. The molecule has 1 amide bonds. The molecule has 0 aromatic carbocycles. The maximum Gasteiger partial charge on any atom is 0.359 e. The van der Waals surface area contributed by atoms with Gasteiger partial charge in [-0.05, 0) is 6.42 Å². The molecule has 0 aromatic rings. The summed E-state index contributed by atoms with van der Waals surface area (Å²) in [4.78, 5) is 33.0. The Bertz CT molecular complexity index is 530. The summed E-state index contributed by atoms with van der Waals surface area (Å²) >= 11 is 0. The molecule has 1 unspecified atom stereocenters. The number of hydrogen-bond acceptors (Lipinski definition) is 3. The average Bonchev–Trinajstić information content (AvgIpc) is 2.62. The number of carbonyl (C=O) groups is 3. The number of rotatable bonds is 17. The third kappa shape index (κ3) is 21.6. The van der Waals surface area contributed by atoms with Gasteiger partial charge in [0.1, 0.15) is 0 Å². The second-order valence-corrected chi connectivity index (χ2v) is 10.2. The van der Waals surface area contributed by atoms with Crippen molar-refractivity contribution in [2.75, 3.05) is 48.3 Å². The van der Waals surface area contributed by atoms with Crippen molar-refractivity contribution >= 4 is 17.8 Å². The van der Waals surface area contributed by atoms with Gasteiger partial charge in [0, 0.05) is 12.8 Å². The molecule has 0 aliphatic carbocycles. The first-order chi connectivity index (χ1) is 14.7. The normalized spacial score (nSPS) is 12.5. The fourth-order valence-corrected chi connectivity index (χ4v) is 3.49. The maximum absolute atomic E-state index is 12.1. The van der Waals surface area contributed by atoms with Crippen LogP contribution in [0.15, 0.2) is 0 Å². The van der Waals surface area contributed by atoms with E-state index >= 15 is 0 Å². The number of hydrogen-bond donors (Lipinski definition) is 3. The Hall–Kier alpha value is -1.67. The van der Waals surface area contributed by atoms with E-state index in [9.17, 15) is 14.4 Å². The fourth-order valence-electron chi connectivity index (χ4n) is 3.49. The van der Waals surface area contributed by atoms with Crippen LogP contribution in [0.1, 0.15) is 84.5 Å². The van der Waals surface area contributed by atoms with Crippen molar-refractivity contribution in [2.24, 2.45) is 0 Å². The van der Waals surface area contributed by atoms with Gasteiger partial charge in [-0.3, -0.25) is 9.28 Å². The molecule has 0 spiro atoms. The third-order valence-electron chi connectivity index (χ3n) is 5.22. The minimum Gasteiger partial charge on any atom is -0.477 e. The predicted molar refractivity (Wildman–Crippen MR) is 129 cm³/mol. The highest BCUT2D eigenvalue weighted by molar-refractivity contribution is 5.76. The highest BCUT2D eigenvalue weighted by Crippen LogP contribution is 2.12. The molecule has 3 N–H and O–H groups in total. The number of quaternary nitrogens is 2. The first kappa shape index (κ1) is 32.5. The molecule has 0 heterocycles. The summed E-state index contributed by atoms with van der Waals surface area (Å²) in [5, 5.41) is 20.2. The van der Waals surface area contributed by atoms with Gasteiger partial charge in [-0.2, -0.15) is 0 Å². The first-order valence-corrected chi connectivity index (χ1v) is 12.1. The lowest BCUT2D eigenvalue weighted by atomic mass is 10.1. The lowest BCUT2D eigenvalue weighted by molar-refractivity contribution is -0.910. The Labute approximate surface area is 196 Å². The maximum atomic E-state index is 12.1. The third-order valence-corrected chi connectivity index (χ3v) is 5.22. The molecule has 1 atom stereocenters. The van der Waals surface area contributed by atoms with Gasteiger partial charge in [0.25, 0.3) is 0 Å². The number of nitrogens with zero attached hydrogens (tertiary/aromatic N) is 2. The Morgan fingerprint density at radius 1 is 0.719 bits per heavy atom. The number of carbonyl (C=O) groups excluding carboxylic acids is 1. The van der Waals surface area contributed by atoms with Crippen molar-refractivity contribution in [1.82, 2.24) is 5.32 Å². The zero-order valence-corrected chi connectivity index (χ0v) is 21.8. The van der Waals surface area contributed by atoms with E-state index in [1.165, 1.54) is 44.9 Å². The van der Waals surface area contributed by atoms with Gasteiger partial charge >= 0.3 is 11.9 Å². The van der Waals surface area contributed by atoms with Gasteiger partial charge in [0.15, 0.2) is 19.3 Å². The van der Waals surface area contributed by atoms with E-state index < -0.39 is 11.9 Å². The van der Waals surface area contributed by atoms with E-state index in [-0.39, 0.29) is 29.6 Å². The molecule has 0 saturated heterocycles. The largest absolute Gasteiger partial charge is 0.477 e. The van der Waals surface area contributed by atoms with E-state index in [0.717, 1.165) is 19.3 Å². The standard InChI is InChI=1S/C19H38N2O3.C5H11NO2/c1-5-7-8-9-10-11-12-13-14-15-18(22)20-17(6-2)21(3,4)16-19(23)24;1-6(2,3)4-5(7)8/h17H,5-16H2,1-4H3,(H-,20,22,23,24);4H2,1-3H3/p+2. The topological polar surface area (TPSA) is 104 Å². The summed E-state index contributed by atoms with van der Waals surface area (Å²) in [6.45, 7) is 4.40. The molecule has 8 heteroatoms. The molecular weight excluding hydrogens is 410 g/mol. The molecular formula is C24H51N3O5+2. The molecule has 8 nitrogen and oxygen atoms in total. The lowest BCUT2D eigenvalue weighted by Gasteiger charge is -2.36. The van der Waals surface area contributed by atoms with Crippen LogP contribution in [-0.2, 0) is 14.4 Å². The molecule has 0 bridgehead atoms. The van der Waals surface area contributed by atoms with Crippen LogP contribution < -0.4 is 5.32 Å². The van der Waals surface area contributed by atoms with Crippen molar-refractivity contribution in [3.8, 4) is 0 Å². The van der Waals surface area contributed by atoms with Crippen molar-refractivity contribution in [3.63, 3.8) is 0 Å². The van der Waals surface area contributed by atoms with E-state index in [1.807, 2.05) is 42.2 Å². The van der Waals surface area contributed by atoms with Crippen LogP contribution in [-0.4, -0.2) is 91.5 Å². The summed E-state index contributed by atoms with van der Waals surface area (Å²) < 4.78 is 0.755. The van der Waals surface area contributed by atoms with Crippen LogP contribution in [0.25, 0.3) is 0 Å². The SMILES string of the molecule is CCCCCCCCCCCC(=O)NC(CC)[N+](C)(C)CC(=O)O.C[N+](C)(C)CC(=O)O. The van der Waals surface area contributed by atoms with Crippen molar-refractivity contribution in [1.29, 1.82) is 0 Å². The fraction of sp³-hybridized carbons (Fsp3) is 0.875. The van der Waals surface area contributed by atoms with Crippen LogP contribution in [0.5, 0.6) is 0 Å². The van der Waals surface area contributed by atoms with Crippen molar-refractivity contribution in [2.45, 2.75) is 90.6 Å². The summed E-state index contributed by atoms with van der Waals surface area (Å²) in [6, 6.07) is 0. The molecule has 0 aliphatic rings. The van der Waals surface area contributed by atoms with Gasteiger partial charge in [0.2, 0.25) is 5.91 Å². The highest BCUT2D eigenvalue weighted by Gasteiger charge is 2.30. The van der Waals surface area contributed by atoms with Gasteiger partial charge in [-0.1, -0.05) is 65.2 Å². The van der Waals surface area contributed by atoms with E-state index in [2.05, 4.69) is 12.2 Å². The minimum atomic E-state index is -0.841. The Kier molecular flexibility index (Phi) is 18.1. The monoisotopic (exact) mass is 461 g/mol. The van der Waals surface area contributed by atoms with Gasteiger partial charge in [-0.15, -0.1) is 0 Å². The molecule has 0 radical (unpaired) electrons. The predicted octanol–water partition coefficient (Wildman–Crippen LogP) is 3.70. The van der Waals surface area contributed by atoms with Gasteiger partial charge in [-0.25, -0.2) is 9.59 Å². The number of likely N-dealkylation sites (N-methyl/N-ethyl adjacent to an activating group) is 2. The number of nitrogens with one attached hydrogen (secondary N) is 1. The molecule has 32 heavy (non-hydrogen) atoms. The van der Waals surface area contributed by atoms with E-state index in [1.54, 1.807) is 0 Å². The number of carboxylic acids is 2. The van der Waals surface area contributed by atoms with Gasteiger partial charge in [0.05, 0.1) is 35.2 Å². The summed E-state index contributed by atoms with van der Waals surface area (Å²) in [6.07, 6.45) is 12.2. The van der Waals surface area contributed by atoms with Crippen LogP contribution >= 0.6 is 0 Å². The van der Waals surface area contributed by atoms with Crippen LogP contribution in [0, 0.1) is 0 Å². The number of aliphatic carboxylic acids is 2. The summed E-state index contributed by atoms with van der Waals surface area (Å²) in [7, 11) is 9.22. The Morgan fingerprint density at radius 2 is 1.16 bits per heavy atom. The van der Waals surface area contributed by atoms with Crippen LogP contribution in [0.2, 0.25) is 0 Å². The molecule has 0 saturated carbocycles. The number of unbranched alkanes of at least 4 members (excludes halogenated alkanes) is 8. The molecule has 0 rings (SSSR count). The molecule has 190 valence electrons. The summed E-state index contributed by atoms with van der Waals surface area (Å²) in [5.74, 6) is -1.55. The second kappa shape index (κ2) is 17.8. The highest BCUT2D eigenvalue weighted by atomic mass is 16.4. The Balaban J connectivity index is 0. The molecule has 0 aliphatic heterocycles. The molecule has 0 aromatic heterocycles. The first-order valence-electron chi connectivity index (χ1n) is 12.1.